The fourth-order valence-electron chi connectivity index (χ4n) is 2.26. The lowest BCUT2D eigenvalue weighted by Gasteiger charge is -2.33. The molecule has 1 aromatic heterocycles. The van der Waals surface area contributed by atoms with Crippen molar-refractivity contribution < 1.29 is 14.3 Å². The summed E-state index contributed by atoms with van der Waals surface area (Å²) in [5.41, 5.74) is 5.90. The van der Waals surface area contributed by atoms with E-state index in [4.69, 9.17) is 5.73 Å². The van der Waals surface area contributed by atoms with E-state index in [9.17, 15) is 9.59 Å². The van der Waals surface area contributed by atoms with E-state index in [0.717, 1.165) is 0 Å². The van der Waals surface area contributed by atoms with Crippen LogP contribution in [0.15, 0.2) is 12.5 Å². The van der Waals surface area contributed by atoms with Crippen molar-refractivity contribution in [2.24, 2.45) is 5.73 Å². The number of piperazine rings is 1. The first-order chi connectivity index (χ1) is 10.1. The monoisotopic (exact) mass is 295 g/mol. The minimum absolute atomic E-state index is 0.0801. The third-order valence-corrected chi connectivity index (χ3v) is 3.48. The number of rotatable bonds is 5. The summed E-state index contributed by atoms with van der Waals surface area (Å²) in [6.07, 6.45) is 3.34. The van der Waals surface area contributed by atoms with Gasteiger partial charge >= 0.3 is 5.97 Å². The number of ether oxygens (including phenoxy) is 1. The number of imidazole rings is 1. The maximum absolute atomic E-state index is 12.3. The van der Waals surface area contributed by atoms with Crippen LogP contribution in [0, 0.1) is 0 Å². The van der Waals surface area contributed by atoms with Gasteiger partial charge in [-0.1, -0.05) is 0 Å². The van der Waals surface area contributed by atoms with Gasteiger partial charge in [0.25, 0.3) is 5.91 Å². The molecule has 1 aromatic rings. The number of carbonyl (C=O) groups excluding carboxylic acids is 2. The SMILES string of the molecule is COC(=O)CN1CCN(C(=O)c2cn(CCN)cn2)CC1. The van der Waals surface area contributed by atoms with Crippen molar-refractivity contribution in [2.75, 3.05) is 46.4 Å². The Balaban J connectivity index is 1.86. The van der Waals surface area contributed by atoms with E-state index in [0.29, 0.717) is 45.0 Å². The Morgan fingerprint density at radius 2 is 2.05 bits per heavy atom. The minimum atomic E-state index is -0.254. The second kappa shape index (κ2) is 7.19. The number of nitrogens with zero attached hydrogens (tertiary/aromatic N) is 4. The van der Waals surface area contributed by atoms with Gasteiger partial charge in [-0.2, -0.15) is 0 Å². The molecule has 1 fully saturated rings. The van der Waals surface area contributed by atoms with E-state index in [1.54, 1.807) is 22.0 Å². The number of nitrogens with two attached hydrogens (primary N) is 1. The minimum Gasteiger partial charge on any atom is -0.468 e. The lowest BCUT2D eigenvalue weighted by molar-refractivity contribution is -0.142. The molecule has 0 radical (unpaired) electrons. The number of carbonyl (C=O) groups is 2. The fraction of sp³-hybridized carbons (Fsp3) is 0.615. The van der Waals surface area contributed by atoms with E-state index in [-0.39, 0.29) is 18.4 Å². The summed E-state index contributed by atoms with van der Waals surface area (Å²) in [6.45, 7) is 3.90. The van der Waals surface area contributed by atoms with Gasteiger partial charge in [0.1, 0.15) is 5.69 Å². The molecule has 8 nitrogen and oxygen atoms in total. The Morgan fingerprint density at radius 1 is 1.33 bits per heavy atom. The van der Waals surface area contributed by atoms with Crippen molar-refractivity contribution in [3.63, 3.8) is 0 Å². The van der Waals surface area contributed by atoms with E-state index in [1.807, 2.05) is 4.90 Å². The third-order valence-electron chi connectivity index (χ3n) is 3.48. The molecule has 0 aromatic carbocycles. The molecule has 116 valence electrons. The van der Waals surface area contributed by atoms with Crippen molar-refractivity contribution in [2.45, 2.75) is 6.54 Å². The number of esters is 1. The summed E-state index contributed by atoms with van der Waals surface area (Å²) in [6, 6.07) is 0. The van der Waals surface area contributed by atoms with E-state index < -0.39 is 0 Å². The van der Waals surface area contributed by atoms with Gasteiger partial charge in [-0.15, -0.1) is 0 Å². The number of aromatic nitrogens is 2. The maximum Gasteiger partial charge on any atom is 0.319 e. The highest BCUT2D eigenvalue weighted by atomic mass is 16.5. The van der Waals surface area contributed by atoms with E-state index in [2.05, 4.69) is 9.72 Å². The zero-order valence-electron chi connectivity index (χ0n) is 12.2. The van der Waals surface area contributed by atoms with Crippen LogP contribution in [-0.2, 0) is 16.1 Å². The molecule has 2 heterocycles. The zero-order chi connectivity index (χ0) is 15.2. The number of amides is 1. The van der Waals surface area contributed by atoms with Crippen LogP contribution in [0.3, 0.4) is 0 Å². The molecule has 0 spiro atoms. The second-order valence-corrected chi connectivity index (χ2v) is 4.93. The van der Waals surface area contributed by atoms with E-state index >= 15 is 0 Å². The molecule has 2 rings (SSSR count). The molecule has 0 atom stereocenters. The highest BCUT2D eigenvalue weighted by Crippen LogP contribution is 2.07. The second-order valence-electron chi connectivity index (χ2n) is 4.93. The molecule has 1 saturated heterocycles. The number of hydrogen-bond acceptors (Lipinski definition) is 6. The molecule has 1 amide bonds. The normalized spacial score (nSPS) is 16.0. The van der Waals surface area contributed by atoms with Crippen LogP contribution in [0.5, 0.6) is 0 Å². The summed E-state index contributed by atoms with van der Waals surface area (Å²) in [4.78, 5) is 31.4. The molecule has 1 aliphatic rings. The summed E-state index contributed by atoms with van der Waals surface area (Å²) < 4.78 is 6.44. The zero-order valence-corrected chi connectivity index (χ0v) is 12.2. The average molecular weight is 295 g/mol. The van der Waals surface area contributed by atoms with Gasteiger partial charge in [0, 0.05) is 45.5 Å². The van der Waals surface area contributed by atoms with Gasteiger partial charge in [0.2, 0.25) is 0 Å². The van der Waals surface area contributed by atoms with Crippen molar-refractivity contribution in [3.8, 4) is 0 Å². The Kier molecular flexibility index (Phi) is 5.29. The van der Waals surface area contributed by atoms with Crippen LogP contribution in [-0.4, -0.2) is 77.6 Å². The van der Waals surface area contributed by atoms with Gasteiger partial charge in [-0.05, 0) is 0 Å². The van der Waals surface area contributed by atoms with E-state index in [1.165, 1.54) is 7.11 Å². The molecule has 0 unspecified atom stereocenters. The van der Waals surface area contributed by atoms with Crippen molar-refractivity contribution in [1.82, 2.24) is 19.4 Å². The number of hydrogen-bond donors (Lipinski definition) is 1. The Labute approximate surface area is 123 Å². The highest BCUT2D eigenvalue weighted by Gasteiger charge is 2.24. The predicted octanol–water partition coefficient (Wildman–Crippen LogP) is -1.23. The van der Waals surface area contributed by atoms with Gasteiger partial charge < -0.3 is 19.9 Å². The molecule has 2 N–H and O–H groups in total. The first-order valence-corrected chi connectivity index (χ1v) is 6.94. The molecule has 1 aliphatic heterocycles. The summed E-state index contributed by atoms with van der Waals surface area (Å²) in [7, 11) is 1.37. The predicted molar refractivity (Wildman–Crippen MR) is 75.6 cm³/mol. The molecule has 21 heavy (non-hydrogen) atoms. The van der Waals surface area contributed by atoms with Crippen molar-refractivity contribution in [3.05, 3.63) is 18.2 Å². The van der Waals surface area contributed by atoms with Crippen LogP contribution in [0.2, 0.25) is 0 Å². The average Bonchev–Trinajstić information content (AvgIpc) is 2.96. The quantitative estimate of drug-likeness (QED) is 0.684. The number of methoxy groups -OCH3 is 1. The van der Waals surface area contributed by atoms with Crippen molar-refractivity contribution in [1.29, 1.82) is 0 Å². The lowest BCUT2D eigenvalue weighted by Crippen LogP contribution is -2.50. The van der Waals surface area contributed by atoms with Gasteiger partial charge in [0.05, 0.1) is 20.0 Å². The highest BCUT2D eigenvalue weighted by molar-refractivity contribution is 5.92. The van der Waals surface area contributed by atoms with Gasteiger partial charge in [-0.25, -0.2) is 4.98 Å². The Morgan fingerprint density at radius 3 is 2.67 bits per heavy atom. The van der Waals surface area contributed by atoms with Crippen LogP contribution < -0.4 is 5.73 Å². The summed E-state index contributed by atoms with van der Waals surface area (Å²) >= 11 is 0. The largest absolute Gasteiger partial charge is 0.468 e. The van der Waals surface area contributed by atoms with Gasteiger partial charge in [0.15, 0.2) is 0 Å². The Bertz CT molecular complexity index is 494. The molecule has 0 aliphatic carbocycles. The first-order valence-electron chi connectivity index (χ1n) is 6.94. The molecule has 0 bridgehead atoms. The molecule has 0 saturated carbocycles. The smallest absolute Gasteiger partial charge is 0.319 e. The fourth-order valence-corrected chi connectivity index (χ4v) is 2.26. The standard InChI is InChI=1S/C13H21N5O3/c1-21-12(19)9-16-4-6-18(7-5-16)13(20)11-8-17(3-2-14)10-15-11/h8,10H,2-7,9,14H2,1H3. The lowest BCUT2D eigenvalue weighted by atomic mass is 10.3. The summed E-state index contributed by atoms with van der Waals surface area (Å²) in [5.74, 6) is -0.334. The summed E-state index contributed by atoms with van der Waals surface area (Å²) in [5, 5.41) is 0. The van der Waals surface area contributed by atoms with Crippen molar-refractivity contribution >= 4 is 11.9 Å². The topological polar surface area (TPSA) is 93.7 Å². The van der Waals surface area contributed by atoms with Gasteiger partial charge in [-0.3, -0.25) is 14.5 Å². The first kappa shape index (κ1) is 15.5. The third kappa shape index (κ3) is 4.02. The maximum atomic E-state index is 12.3. The molecular formula is C13H21N5O3. The van der Waals surface area contributed by atoms with Crippen LogP contribution in [0.25, 0.3) is 0 Å². The van der Waals surface area contributed by atoms with Crippen LogP contribution in [0.1, 0.15) is 10.5 Å². The Hall–Kier alpha value is -1.93. The van der Waals surface area contributed by atoms with Crippen LogP contribution in [0.4, 0.5) is 0 Å². The molecule has 8 heteroatoms. The van der Waals surface area contributed by atoms with Crippen LogP contribution >= 0.6 is 0 Å². The molecular weight excluding hydrogens is 274 g/mol.